The summed E-state index contributed by atoms with van der Waals surface area (Å²) < 4.78 is 5.09. The van der Waals surface area contributed by atoms with Crippen molar-refractivity contribution in [2.45, 2.75) is 40.5 Å². The Kier molecular flexibility index (Phi) is 5.74. The van der Waals surface area contributed by atoms with E-state index in [1.807, 2.05) is 0 Å². The fourth-order valence-electron chi connectivity index (χ4n) is 4.30. The fourth-order valence-corrected chi connectivity index (χ4v) is 13.0. The van der Waals surface area contributed by atoms with Crippen molar-refractivity contribution in [3.8, 4) is 0 Å². The van der Waals surface area contributed by atoms with E-state index in [1.54, 1.807) is 15.3 Å². The maximum absolute atomic E-state index is 2.53. The van der Waals surface area contributed by atoms with Crippen molar-refractivity contribution in [1.29, 1.82) is 0 Å². The zero-order chi connectivity index (χ0) is 19.7. The molecule has 0 unspecified atom stereocenters. The molecule has 2 aromatic rings. The van der Waals surface area contributed by atoms with Gasteiger partial charge in [-0.15, -0.1) is 0 Å². The van der Waals surface area contributed by atoms with Crippen LogP contribution in [-0.2, 0) is 21.3 Å². The molecule has 0 heterocycles. The summed E-state index contributed by atoms with van der Waals surface area (Å²) in [5.74, 6) is 0. The summed E-state index contributed by atoms with van der Waals surface area (Å²) in [6.07, 6.45) is 11.9. The number of allylic oxidation sites excluding steroid dienone is 8. The van der Waals surface area contributed by atoms with Crippen LogP contribution < -0.4 is 0 Å². The van der Waals surface area contributed by atoms with Gasteiger partial charge < -0.3 is 0 Å². The van der Waals surface area contributed by atoms with Crippen molar-refractivity contribution in [3.63, 3.8) is 0 Å². The van der Waals surface area contributed by atoms with Gasteiger partial charge in [-0.05, 0) is 0 Å². The molecule has 140 valence electrons. The maximum atomic E-state index is 2.53. The van der Waals surface area contributed by atoms with E-state index in [4.69, 9.17) is 0 Å². The molecule has 0 amide bonds. The number of hydrogen-bond acceptors (Lipinski definition) is 0. The Morgan fingerprint density at radius 3 is 1.86 bits per heavy atom. The van der Waals surface area contributed by atoms with Crippen LogP contribution >= 0.6 is 0 Å². The van der Waals surface area contributed by atoms with E-state index in [0.29, 0.717) is 0 Å². The molecular formula is C27H28Zr. The van der Waals surface area contributed by atoms with Crippen molar-refractivity contribution in [3.05, 3.63) is 113 Å². The van der Waals surface area contributed by atoms with E-state index in [-0.39, 0.29) is 0 Å². The second kappa shape index (κ2) is 8.26. The zero-order valence-electron chi connectivity index (χ0n) is 17.3. The molecule has 2 aliphatic carbocycles. The molecule has 0 saturated carbocycles. The van der Waals surface area contributed by atoms with Crippen LogP contribution in [0.15, 0.2) is 90.5 Å². The first-order valence-corrected chi connectivity index (χ1v) is 13.8. The summed E-state index contributed by atoms with van der Waals surface area (Å²) in [6.45, 7) is 9.13. The Morgan fingerprint density at radius 2 is 1.39 bits per heavy atom. The summed E-state index contributed by atoms with van der Waals surface area (Å²) in [7, 11) is 0. The quantitative estimate of drug-likeness (QED) is 0.479. The van der Waals surface area contributed by atoms with Gasteiger partial charge in [-0.25, -0.2) is 0 Å². The van der Waals surface area contributed by atoms with Crippen LogP contribution in [0.1, 0.15) is 48.9 Å². The van der Waals surface area contributed by atoms with E-state index in [9.17, 15) is 0 Å². The van der Waals surface area contributed by atoms with Crippen molar-refractivity contribution < 1.29 is 21.3 Å². The number of hydrogen-bond donors (Lipinski definition) is 0. The van der Waals surface area contributed by atoms with Gasteiger partial charge in [-0.3, -0.25) is 0 Å². The molecule has 0 fully saturated rings. The van der Waals surface area contributed by atoms with Crippen molar-refractivity contribution in [2.24, 2.45) is 0 Å². The van der Waals surface area contributed by atoms with Crippen LogP contribution in [0.5, 0.6) is 0 Å². The summed E-state index contributed by atoms with van der Waals surface area (Å²) in [5, 5.41) is 0. The van der Waals surface area contributed by atoms with E-state index >= 15 is 0 Å². The molecule has 0 radical (unpaired) electrons. The molecule has 2 aliphatic rings. The van der Waals surface area contributed by atoms with Gasteiger partial charge in [-0.1, -0.05) is 0 Å². The zero-order valence-corrected chi connectivity index (χ0v) is 19.8. The van der Waals surface area contributed by atoms with Crippen LogP contribution in [0.3, 0.4) is 0 Å². The van der Waals surface area contributed by atoms with Gasteiger partial charge in [-0.2, -0.15) is 0 Å². The van der Waals surface area contributed by atoms with Crippen LogP contribution in [0.2, 0.25) is 0 Å². The molecule has 2 aromatic carbocycles. The van der Waals surface area contributed by atoms with Gasteiger partial charge in [0.05, 0.1) is 0 Å². The molecule has 0 saturated heterocycles. The monoisotopic (exact) mass is 442 g/mol. The molecule has 0 aromatic heterocycles. The van der Waals surface area contributed by atoms with E-state index in [1.165, 1.54) is 34.2 Å². The van der Waals surface area contributed by atoms with Gasteiger partial charge in [0.15, 0.2) is 0 Å². The van der Waals surface area contributed by atoms with E-state index in [0.717, 1.165) is 6.42 Å². The van der Waals surface area contributed by atoms with Gasteiger partial charge in [0.1, 0.15) is 0 Å². The molecule has 4 rings (SSSR count). The van der Waals surface area contributed by atoms with E-state index in [2.05, 4.69) is 101 Å². The van der Waals surface area contributed by atoms with Crippen LogP contribution in [0.4, 0.5) is 0 Å². The number of rotatable bonds is 4. The Labute approximate surface area is 177 Å². The Hall–Kier alpha value is -1.85. The van der Waals surface area contributed by atoms with Gasteiger partial charge in [0.25, 0.3) is 0 Å². The SMILES string of the molecule is CC1=C(C)C[C]([Zr]([C]2=CC=CC2)=[C](c2ccccc2C)c2ccccc2C)=C1. The predicted molar refractivity (Wildman–Crippen MR) is 118 cm³/mol. The first-order valence-electron chi connectivity index (χ1n) is 10.2. The molecule has 0 N–H and O–H groups in total. The minimum atomic E-state index is -2.27. The third-order valence-corrected chi connectivity index (χ3v) is 13.4. The predicted octanol–water partition coefficient (Wildman–Crippen LogP) is 6.96. The normalized spacial score (nSPS) is 15.7. The Balaban J connectivity index is 2.06. The van der Waals surface area contributed by atoms with Crippen LogP contribution in [0.25, 0.3) is 0 Å². The Morgan fingerprint density at radius 1 is 0.786 bits per heavy atom. The molecule has 0 atom stereocenters. The third-order valence-electron chi connectivity index (χ3n) is 6.01. The van der Waals surface area contributed by atoms with Gasteiger partial charge in [0.2, 0.25) is 0 Å². The summed E-state index contributed by atoms with van der Waals surface area (Å²) in [4.78, 5) is 0. The number of benzene rings is 2. The molecule has 0 aliphatic heterocycles. The minimum absolute atomic E-state index is 1.13. The van der Waals surface area contributed by atoms with Gasteiger partial charge in [0, 0.05) is 0 Å². The first kappa shape index (κ1) is 19.5. The molecule has 0 bridgehead atoms. The topological polar surface area (TPSA) is 0 Å². The van der Waals surface area contributed by atoms with Crippen LogP contribution in [-0.4, -0.2) is 3.21 Å². The van der Waals surface area contributed by atoms with Crippen molar-refractivity contribution in [2.75, 3.05) is 0 Å². The molecular weight excluding hydrogens is 416 g/mol. The molecule has 28 heavy (non-hydrogen) atoms. The third kappa shape index (κ3) is 3.70. The molecule has 0 nitrogen and oxygen atoms in total. The Bertz CT molecular complexity index is 1040. The molecule has 1 heteroatoms. The second-order valence-corrected chi connectivity index (χ2v) is 14.2. The fraction of sp³-hybridized carbons (Fsp3) is 0.222. The number of aryl methyl sites for hydroxylation is 2. The summed E-state index contributed by atoms with van der Waals surface area (Å²) in [5.41, 5.74) is 8.74. The van der Waals surface area contributed by atoms with Gasteiger partial charge >= 0.3 is 178 Å². The summed E-state index contributed by atoms with van der Waals surface area (Å²) >= 11 is -2.27. The first-order chi connectivity index (χ1) is 13.6. The average molecular weight is 444 g/mol. The van der Waals surface area contributed by atoms with E-state index < -0.39 is 21.3 Å². The van der Waals surface area contributed by atoms with Crippen molar-refractivity contribution >= 4 is 3.21 Å². The van der Waals surface area contributed by atoms with Crippen molar-refractivity contribution in [1.82, 2.24) is 0 Å². The van der Waals surface area contributed by atoms with Crippen LogP contribution in [0, 0.1) is 13.8 Å². The standard InChI is InChI=1S/C15H14.C7H9.C5H5.Zr/c1-12-7-3-5-9-14(12)11-15-10-6-4-8-13(15)2;1-6-4-3-5-7(6)2;1-2-4-5-3-1;/h3-10H,1-2H3;4H,5H2,1-2H3;1-3H,4H2;. The summed E-state index contributed by atoms with van der Waals surface area (Å²) in [6, 6.07) is 18.0. The second-order valence-electron chi connectivity index (χ2n) is 8.01. The molecule has 0 spiro atoms. The average Bonchev–Trinajstić information content (AvgIpc) is 3.32.